The van der Waals surface area contributed by atoms with Crippen molar-refractivity contribution in [2.75, 3.05) is 37.6 Å². The van der Waals surface area contributed by atoms with Gasteiger partial charge in [0.1, 0.15) is 5.82 Å². The lowest BCUT2D eigenvalue weighted by atomic mass is 10.0. The second kappa shape index (κ2) is 9.53. The molecule has 4 rings (SSSR count). The van der Waals surface area contributed by atoms with Gasteiger partial charge in [-0.25, -0.2) is 4.39 Å². The third-order valence-electron chi connectivity index (χ3n) is 5.47. The maximum Gasteiger partial charge on any atom is 0.123 e. The van der Waals surface area contributed by atoms with E-state index in [1.807, 2.05) is 18.2 Å². The summed E-state index contributed by atoms with van der Waals surface area (Å²) in [5.74, 6) is -0.182. The van der Waals surface area contributed by atoms with Crippen LogP contribution in [-0.2, 0) is 6.42 Å². The molecule has 0 unspecified atom stereocenters. The van der Waals surface area contributed by atoms with Gasteiger partial charge in [0.25, 0.3) is 0 Å². The SMILES string of the molecule is Fc1ccc(Cc2ccc(N3CCN(CC=Cc4ccccc4)CC3)cc2)cc1. The van der Waals surface area contributed by atoms with Crippen LogP contribution in [0.1, 0.15) is 16.7 Å². The number of anilines is 1. The molecule has 0 aliphatic carbocycles. The molecule has 1 aliphatic rings. The highest BCUT2D eigenvalue weighted by atomic mass is 19.1. The zero-order chi connectivity index (χ0) is 19.9. The van der Waals surface area contributed by atoms with Crippen LogP contribution in [0.25, 0.3) is 6.08 Å². The van der Waals surface area contributed by atoms with E-state index in [0.717, 1.165) is 44.7 Å². The van der Waals surface area contributed by atoms with Gasteiger partial charge >= 0.3 is 0 Å². The molecule has 3 aromatic carbocycles. The number of hydrogen-bond acceptors (Lipinski definition) is 2. The summed E-state index contributed by atoms with van der Waals surface area (Å²) >= 11 is 0. The summed E-state index contributed by atoms with van der Waals surface area (Å²) in [5, 5.41) is 0. The highest BCUT2D eigenvalue weighted by Crippen LogP contribution is 2.19. The molecule has 0 aromatic heterocycles. The Labute approximate surface area is 172 Å². The van der Waals surface area contributed by atoms with Gasteiger partial charge in [-0.2, -0.15) is 0 Å². The van der Waals surface area contributed by atoms with E-state index in [0.29, 0.717) is 0 Å². The lowest BCUT2D eigenvalue weighted by Crippen LogP contribution is -2.46. The van der Waals surface area contributed by atoms with Gasteiger partial charge in [-0.1, -0.05) is 66.7 Å². The molecule has 2 nitrogen and oxygen atoms in total. The van der Waals surface area contributed by atoms with Crippen molar-refractivity contribution in [2.45, 2.75) is 6.42 Å². The summed E-state index contributed by atoms with van der Waals surface area (Å²) in [6.07, 6.45) is 5.30. The van der Waals surface area contributed by atoms with E-state index < -0.39 is 0 Å². The van der Waals surface area contributed by atoms with E-state index in [2.05, 4.69) is 70.5 Å². The lowest BCUT2D eigenvalue weighted by Gasteiger charge is -2.35. The molecule has 0 atom stereocenters. The highest BCUT2D eigenvalue weighted by molar-refractivity contribution is 5.50. The topological polar surface area (TPSA) is 6.48 Å². The number of benzene rings is 3. The van der Waals surface area contributed by atoms with Crippen LogP contribution in [0.2, 0.25) is 0 Å². The van der Waals surface area contributed by atoms with Gasteiger partial charge in [0.2, 0.25) is 0 Å². The third-order valence-corrected chi connectivity index (χ3v) is 5.47. The maximum absolute atomic E-state index is 13.0. The Kier molecular flexibility index (Phi) is 6.38. The fourth-order valence-corrected chi connectivity index (χ4v) is 3.75. The standard InChI is InChI=1S/C26H27FN2/c27-25-12-8-23(9-13-25)21-24-10-14-26(15-11-24)29-19-17-28(18-20-29)16-4-7-22-5-2-1-3-6-22/h1-15H,16-21H2. The smallest absolute Gasteiger partial charge is 0.123 e. The average molecular weight is 387 g/mol. The Hall–Kier alpha value is -2.91. The molecule has 148 valence electrons. The average Bonchev–Trinajstić information content (AvgIpc) is 2.77. The van der Waals surface area contributed by atoms with Crippen LogP contribution < -0.4 is 4.90 Å². The van der Waals surface area contributed by atoms with Gasteiger partial charge in [0.05, 0.1) is 0 Å². The van der Waals surface area contributed by atoms with Crippen LogP contribution in [0.15, 0.2) is 84.9 Å². The summed E-state index contributed by atoms with van der Waals surface area (Å²) < 4.78 is 13.0. The molecule has 0 N–H and O–H groups in total. The van der Waals surface area contributed by atoms with Gasteiger partial charge in [0, 0.05) is 38.4 Å². The van der Waals surface area contributed by atoms with Crippen LogP contribution in [0.4, 0.5) is 10.1 Å². The second-order valence-corrected chi connectivity index (χ2v) is 7.57. The predicted octanol–water partition coefficient (Wildman–Crippen LogP) is 5.25. The molecule has 3 heteroatoms. The van der Waals surface area contributed by atoms with Gasteiger partial charge < -0.3 is 4.90 Å². The molecule has 1 saturated heterocycles. The fourth-order valence-electron chi connectivity index (χ4n) is 3.75. The number of piperazine rings is 1. The fraction of sp³-hybridized carbons (Fsp3) is 0.231. The van der Waals surface area contributed by atoms with Crippen molar-refractivity contribution in [3.05, 3.63) is 107 Å². The zero-order valence-corrected chi connectivity index (χ0v) is 16.7. The normalized spacial score (nSPS) is 15.1. The third kappa shape index (κ3) is 5.55. The van der Waals surface area contributed by atoms with E-state index >= 15 is 0 Å². The van der Waals surface area contributed by atoms with Gasteiger partial charge in [-0.05, 0) is 47.4 Å². The van der Waals surface area contributed by atoms with Crippen LogP contribution >= 0.6 is 0 Å². The van der Waals surface area contributed by atoms with Gasteiger partial charge in [-0.3, -0.25) is 4.90 Å². The lowest BCUT2D eigenvalue weighted by molar-refractivity contribution is 0.284. The van der Waals surface area contributed by atoms with E-state index in [9.17, 15) is 4.39 Å². The Morgan fingerprint density at radius 3 is 2.00 bits per heavy atom. The van der Waals surface area contributed by atoms with Gasteiger partial charge in [0.15, 0.2) is 0 Å². The molecular weight excluding hydrogens is 359 g/mol. The molecule has 3 aromatic rings. The van der Waals surface area contributed by atoms with Crippen molar-refractivity contribution < 1.29 is 4.39 Å². The van der Waals surface area contributed by atoms with Crippen molar-refractivity contribution in [3.8, 4) is 0 Å². The number of halogens is 1. The zero-order valence-electron chi connectivity index (χ0n) is 16.7. The summed E-state index contributed by atoms with van der Waals surface area (Å²) in [5.41, 5.74) is 4.93. The molecule has 0 saturated carbocycles. The Morgan fingerprint density at radius 1 is 0.724 bits per heavy atom. The Morgan fingerprint density at radius 2 is 1.34 bits per heavy atom. The van der Waals surface area contributed by atoms with Crippen molar-refractivity contribution in [3.63, 3.8) is 0 Å². The highest BCUT2D eigenvalue weighted by Gasteiger charge is 2.16. The van der Waals surface area contributed by atoms with Crippen LogP contribution in [0, 0.1) is 5.82 Å². The first-order valence-electron chi connectivity index (χ1n) is 10.3. The van der Waals surface area contributed by atoms with E-state index in [4.69, 9.17) is 0 Å². The number of hydrogen-bond donors (Lipinski definition) is 0. The Balaban J connectivity index is 1.26. The van der Waals surface area contributed by atoms with Gasteiger partial charge in [-0.15, -0.1) is 0 Å². The largest absolute Gasteiger partial charge is 0.369 e. The van der Waals surface area contributed by atoms with Crippen molar-refractivity contribution in [1.29, 1.82) is 0 Å². The summed E-state index contributed by atoms with van der Waals surface area (Å²) in [7, 11) is 0. The molecule has 1 fully saturated rings. The summed E-state index contributed by atoms with van der Waals surface area (Å²) in [6.45, 7) is 5.26. The molecule has 1 heterocycles. The maximum atomic E-state index is 13.0. The van der Waals surface area contributed by atoms with E-state index in [1.165, 1.54) is 28.9 Å². The predicted molar refractivity (Wildman–Crippen MR) is 120 cm³/mol. The first-order valence-corrected chi connectivity index (χ1v) is 10.3. The minimum absolute atomic E-state index is 0.182. The monoisotopic (exact) mass is 386 g/mol. The molecule has 1 aliphatic heterocycles. The molecule has 0 spiro atoms. The summed E-state index contributed by atoms with van der Waals surface area (Å²) in [6, 6.07) is 26.0. The first-order chi connectivity index (χ1) is 14.3. The molecule has 29 heavy (non-hydrogen) atoms. The quantitative estimate of drug-likeness (QED) is 0.571. The van der Waals surface area contributed by atoms with Crippen molar-refractivity contribution in [2.24, 2.45) is 0 Å². The molecule has 0 bridgehead atoms. The van der Waals surface area contributed by atoms with E-state index in [1.54, 1.807) is 0 Å². The summed E-state index contributed by atoms with van der Waals surface area (Å²) in [4.78, 5) is 4.96. The van der Waals surface area contributed by atoms with E-state index in [-0.39, 0.29) is 5.82 Å². The minimum Gasteiger partial charge on any atom is -0.369 e. The molecular formula is C26H27FN2. The number of nitrogens with zero attached hydrogens (tertiary/aromatic N) is 2. The first kappa shape index (κ1) is 19.4. The minimum atomic E-state index is -0.182. The van der Waals surface area contributed by atoms with Crippen LogP contribution in [0.5, 0.6) is 0 Å². The Bertz CT molecular complexity index is 909. The molecule has 0 radical (unpaired) electrons. The molecule has 0 amide bonds. The number of rotatable bonds is 6. The van der Waals surface area contributed by atoms with Crippen LogP contribution in [-0.4, -0.2) is 37.6 Å². The van der Waals surface area contributed by atoms with Crippen LogP contribution in [0.3, 0.4) is 0 Å². The second-order valence-electron chi connectivity index (χ2n) is 7.57. The van der Waals surface area contributed by atoms with Crippen molar-refractivity contribution in [1.82, 2.24) is 4.90 Å². The van der Waals surface area contributed by atoms with Crippen molar-refractivity contribution >= 4 is 11.8 Å².